The molecule has 1 aromatic heterocycles. The van der Waals surface area contributed by atoms with Crippen LogP contribution >= 0.6 is 0 Å². The van der Waals surface area contributed by atoms with Crippen molar-refractivity contribution in [2.24, 2.45) is 7.05 Å². The van der Waals surface area contributed by atoms with Crippen molar-refractivity contribution >= 4 is 16.6 Å². The number of nitrogens with two attached hydrogens (primary N) is 1. The standard InChI is InChI=1S/C15H20N2O3/c1-4-5-8-20-13-11-7-6-10(16)9-12(11)17(2)15(18)14(13)19-3/h6-7,9H,4-5,8,16H2,1-3H3. The maximum absolute atomic E-state index is 12.3. The largest absolute Gasteiger partial charge is 0.489 e. The second-order valence-electron chi connectivity index (χ2n) is 4.71. The van der Waals surface area contributed by atoms with E-state index in [-0.39, 0.29) is 11.3 Å². The molecule has 5 nitrogen and oxygen atoms in total. The molecule has 0 saturated carbocycles. The molecule has 0 aliphatic rings. The minimum atomic E-state index is -0.225. The third kappa shape index (κ3) is 2.43. The van der Waals surface area contributed by atoms with Crippen molar-refractivity contribution in [3.63, 3.8) is 0 Å². The summed E-state index contributed by atoms with van der Waals surface area (Å²) in [6.07, 6.45) is 1.95. The number of unbranched alkanes of at least 4 members (excludes halogenated alkanes) is 1. The Morgan fingerprint density at radius 1 is 1.30 bits per heavy atom. The minimum absolute atomic E-state index is 0.225. The van der Waals surface area contributed by atoms with E-state index in [9.17, 15) is 4.79 Å². The first kappa shape index (κ1) is 14.2. The molecule has 0 aliphatic carbocycles. The minimum Gasteiger partial charge on any atom is -0.489 e. The molecule has 5 heteroatoms. The predicted molar refractivity (Wildman–Crippen MR) is 80.6 cm³/mol. The van der Waals surface area contributed by atoms with E-state index in [4.69, 9.17) is 15.2 Å². The summed E-state index contributed by atoms with van der Waals surface area (Å²) >= 11 is 0. The number of ether oxygens (including phenoxy) is 2. The van der Waals surface area contributed by atoms with E-state index in [1.165, 1.54) is 11.7 Å². The van der Waals surface area contributed by atoms with Gasteiger partial charge in [0.25, 0.3) is 5.56 Å². The number of rotatable bonds is 5. The lowest BCUT2D eigenvalue weighted by Gasteiger charge is -2.15. The van der Waals surface area contributed by atoms with Gasteiger partial charge in [-0.3, -0.25) is 4.79 Å². The van der Waals surface area contributed by atoms with Crippen LogP contribution in [0.4, 0.5) is 5.69 Å². The first-order valence-electron chi connectivity index (χ1n) is 6.69. The summed E-state index contributed by atoms with van der Waals surface area (Å²) in [4.78, 5) is 12.3. The summed E-state index contributed by atoms with van der Waals surface area (Å²) in [7, 11) is 3.18. The first-order chi connectivity index (χ1) is 9.60. The van der Waals surface area contributed by atoms with E-state index in [0.29, 0.717) is 18.0 Å². The highest BCUT2D eigenvalue weighted by molar-refractivity contribution is 5.90. The number of hydrogen-bond donors (Lipinski definition) is 1. The molecule has 0 amide bonds. The average molecular weight is 276 g/mol. The molecule has 108 valence electrons. The Morgan fingerprint density at radius 2 is 2.05 bits per heavy atom. The molecule has 0 spiro atoms. The molecule has 0 fully saturated rings. The Bertz CT molecular complexity index is 677. The van der Waals surface area contributed by atoms with Crippen molar-refractivity contribution < 1.29 is 9.47 Å². The highest BCUT2D eigenvalue weighted by atomic mass is 16.5. The smallest absolute Gasteiger partial charge is 0.297 e. The second-order valence-corrected chi connectivity index (χ2v) is 4.71. The van der Waals surface area contributed by atoms with Gasteiger partial charge in [0.15, 0.2) is 5.75 Å². The molecule has 2 aromatic rings. The fourth-order valence-corrected chi connectivity index (χ4v) is 2.14. The zero-order valence-electron chi connectivity index (χ0n) is 12.1. The van der Waals surface area contributed by atoms with Crippen molar-refractivity contribution in [3.8, 4) is 11.5 Å². The lowest BCUT2D eigenvalue weighted by atomic mass is 10.1. The molecule has 0 aliphatic heterocycles. The lowest BCUT2D eigenvalue weighted by Crippen LogP contribution is -2.20. The zero-order chi connectivity index (χ0) is 14.7. The van der Waals surface area contributed by atoms with Gasteiger partial charge in [-0.2, -0.15) is 0 Å². The number of aromatic nitrogens is 1. The number of fused-ring (bicyclic) bond motifs is 1. The van der Waals surface area contributed by atoms with Crippen molar-refractivity contribution in [2.45, 2.75) is 19.8 Å². The number of nitrogen functional groups attached to an aromatic ring is 1. The Labute approximate surface area is 117 Å². The van der Waals surface area contributed by atoms with E-state index >= 15 is 0 Å². The Kier molecular flexibility index (Phi) is 4.17. The number of methoxy groups -OCH3 is 1. The van der Waals surface area contributed by atoms with Crippen LogP contribution in [-0.2, 0) is 7.05 Å². The van der Waals surface area contributed by atoms with Crippen LogP contribution in [0.15, 0.2) is 23.0 Å². The van der Waals surface area contributed by atoms with E-state index < -0.39 is 0 Å². The number of benzene rings is 1. The summed E-state index contributed by atoms with van der Waals surface area (Å²) in [5, 5.41) is 0.828. The van der Waals surface area contributed by atoms with Gasteiger partial charge in [-0.1, -0.05) is 13.3 Å². The molecule has 0 atom stereocenters. The molecule has 0 saturated heterocycles. The van der Waals surface area contributed by atoms with Crippen LogP contribution < -0.4 is 20.8 Å². The van der Waals surface area contributed by atoms with Crippen molar-refractivity contribution in [3.05, 3.63) is 28.6 Å². The van der Waals surface area contributed by atoms with Gasteiger partial charge in [0.2, 0.25) is 5.75 Å². The maximum atomic E-state index is 12.3. The Balaban J connectivity index is 2.68. The van der Waals surface area contributed by atoms with Crippen LogP contribution in [0.2, 0.25) is 0 Å². The fraction of sp³-hybridized carbons (Fsp3) is 0.400. The molecule has 0 unspecified atom stereocenters. The van der Waals surface area contributed by atoms with Crippen LogP contribution in [0.5, 0.6) is 11.5 Å². The van der Waals surface area contributed by atoms with Crippen LogP contribution in [0, 0.1) is 0 Å². The van der Waals surface area contributed by atoms with Crippen LogP contribution in [0.25, 0.3) is 10.9 Å². The average Bonchev–Trinajstić information content (AvgIpc) is 2.44. The number of anilines is 1. The van der Waals surface area contributed by atoms with Crippen molar-refractivity contribution in [1.82, 2.24) is 4.57 Å². The second kappa shape index (κ2) is 5.86. The van der Waals surface area contributed by atoms with E-state index in [1.807, 2.05) is 6.07 Å². The molecule has 0 radical (unpaired) electrons. The van der Waals surface area contributed by atoms with Gasteiger partial charge in [0.1, 0.15) is 0 Å². The number of aryl methyl sites for hydroxylation is 1. The van der Waals surface area contributed by atoms with Gasteiger partial charge in [0, 0.05) is 18.1 Å². The highest BCUT2D eigenvalue weighted by Gasteiger charge is 2.17. The molecule has 2 rings (SSSR count). The van der Waals surface area contributed by atoms with Crippen LogP contribution in [0.3, 0.4) is 0 Å². The molecule has 1 heterocycles. The quantitative estimate of drug-likeness (QED) is 0.672. The Hall–Kier alpha value is -2.17. The molecule has 1 aromatic carbocycles. The van der Waals surface area contributed by atoms with Gasteiger partial charge in [-0.25, -0.2) is 0 Å². The topological polar surface area (TPSA) is 66.5 Å². The fourth-order valence-electron chi connectivity index (χ4n) is 2.14. The van der Waals surface area contributed by atoms with E-state index in [2.05, 4.69) is 6.92 Å². The van der Waals surface area contributed by atoms with Gasteiger partial charge in [0.05, 0.1) is 19.2 Å². The predicted octanol–water partition coefficient (Wildman–Crippen LogP) is 2.31. The monoisotopic (exact) mass is 276 g/mol. The summed E-state index contributed by atoms with van der Waals surface area (Å²) in [5.41, 5.74) is 6.92. The maximum Gasteiger partial charge on any atom is 0.297 e. The number of nitrogens with zero attached hydrogens (tertiary/aromatic N) is 1. The van der Waals surface area contributed by atoms with E-state index in [0.717, 1.165) is 23.7 Å². The molecule has 2 N–H and O–H groups in total. The van der Waals surface area contributed by atoms with E-state index in [1.54, 1.807) is 19.2 Å². The van der Waals surface area contributed by atoms with Gasteiger partial charge in [-0.05, 0) is 24.6 Å². The molecular weight excluding hydrogens is 256 g/mol. The van der Waals surface area contributed by atoms with Gasteiger partial charge in [-0.15, -0.1) is 0 Å². The normalized spacial score (nSPS) is 10.8. The Morgan fingerprint density at radius 3 is 2.70 bits per heavy atom. The van der Waals surface area contributed by atoms with Gasteiger partial charge < -0.3 is 19.8 Å². The number of hydrogen-bond acceptors (Lipinski definition) is 4. The summed E-state index contributed by atoms with van der Waals surface area (Å²) in [6.45, 7) is 2.64. The third-order valence-corrected chi connectivity index (χ3v) is 3.28. The molecule has 0 bridgehead atoms. The lowest BCUT2D eigenvalue weighted by molar-refractivity contribution is 0.289. The number of pyridine rings is 1. The zero-order valence-corrected chi connectivity index (χ0v) is 12.1. The summed E-state index contributed by atoms with van der Waals surface area (Å²) in [5.74, 6) is 0.736. The van der Waals surface area contributed by atoms with Crippen molar-refractivity contribution in [2.75, 3.05) is 19.5 Å². The van der Waals surface area contributed by atoms with Crippen LogP contribution in [0.1, 0.15) is 19.8 Å². The van der Waals surface area contributed by atoms with Crippen molar-refractivity contribution in [1.29, 1.82) is 0 Å². The molecule has 20 heavy (non-hydrogen) atoms. The van der Waals surface area contributed by atoms with Gasteiger partial charge >= 0.3 is 0 Å². The third-order valence-electron chi connectivity index (χ3n) is 3.28. The summed E-state index contributed by atoms with van der Waals surface area (Å²) < 4.78 is 12.5. The SMILES string of the molecule is CCCCOc1c(OC)c(=O)n(C)c2cc(N)ccc12. The molecular formula is C15H20N2O3. The van der Waals surface area contributed by atoms with Crippen LogP contribution in [-0.4, -0.2) is 18.3 Å². The highest BCUT2D eigenvalue weighted by Crippen LogP contribution is 2.33. The first-order valence-corrected chi connectivity index (χ1v) is 6.69. The summed E-state index contributed by atoms with van der Waals surface area (Å²) in [6, 6.07) is 5.41.